The van der Waals surface area contributed by atoms with E-state index in [-0.39, 0.29) is 18.6 Å². The lowest BCUT2D eigenvalue weighted by molar-refractivity contribution is -0.119. The van der Waals surface area contributed by atoms with Crippen LogP contribution in [0.2, 0.25) is 0 Å². The molecule has 1 aliphatic rings. The largest absolute Gasteiger partial charge is 0.384 e. The first-order chi connectivity index (χ1) is 13.2. The molecule has 1 saturated heterocycles. The van der Waals surface area contributed by atoms with Gasteiger partial charge in [-0.1, -0.05) is 37.0 Å². The number of hydrogen-bond donors (Lipinski definition) is 1. The van der Waals surface area contributed by atoms with Crippen molar-refractivity contribution in [1.82, 2.24) is 4.90 Å². The van der Waals surface area contributed by atoms with Crippen molar-refractivity contribution in [2.24, 2.45) is 0 Å². The summed E-state index contributed by atoms with van der Waals surface area (Å²) < 4.78 is 0. The molecule has 0 atom stereocenters. The standard InChI is InChI=1S/C22H26N2O2S/c1-2-22(26)24(19-8-4-3-5-9-19)20-10-12-23(13-11-20)16-21-15-18(17-27-21)7-6-14-25/h3-5,8-9,15,17,20,25H,2,10-14,16H2,1H3. The van der Waals surface area contributed by atoms with Crippen LogP contribution in [0, 0.1) is 11.8 Å². The highest BCUT2D eigenvalue weighted by Crippen LogP contribution is 2.26. The van der Waals surface area contributed by atoms with Crippen LogP contribution in [0.4, 0.5) is 5.69 Å². The van der Waals surface area contributed by atoms with E-state index >= 15 is 0 Å². The molecule has 2 aromatic rings. The number of hydrogen-bond acceptors (Lipinski definition) is 4. The molecule has 1 N–H and O–H groups in total. The van der Waals surface area contributed by atoms with E-state index in [1.165, 1.54) is 4.88 Å². The molecule has 1 amide bonds. The van der Waals surface area contributed by atoms with Gasteiger partial charge in [-0.25, -0.2) is 0 Å². The Bertz CT molecular complexity index is 798. The highest BCUT2D eigenvalue weighted by atomic mass is 32.1. The first-order valence-electron chi connectivity index (χ1n) is 9.48. The zero-order valence-corrected chi connectivity index (χ0v) is 16.5. The average molecular weight is 383 g/mol. The maximum Gasteiger partial charge on any atom is 0.226 e. The van der Waals surface area contributed by atoms with Crippen LogP contribution >= 0.6 is 11.3 Å². The Balaban J connectivity index is 1.60. The third kappa shape index (κ3) is 5.20. The fourth-order valence-corrected chi connectivity index (χ4v) is 4.40. The van der Waals surface area contributed by atoms with Crippen molar-refractivity contribution >= 4 is 22.9 Å². The summed E-state index contributed by atoms with van der Waals surface area (Å²) in [7, 11) is 0. The van der Waals surface area contributed by atoms with Gasteiger partial charge >= 0.3 is 0 Å². The van der Waals surface area contributed by atoms with E-state index in [0.717, 1.165) is 43.7 Å². The summed E-state index contributed by atoms with van der Waals surface area (Å²) in [6, 6.07) is 12.4. The maximum absolute atomic E-state index is 12.6. The molecule has 0 bridgehead atoms. The number of nitrogens with zero attached hydrogens (tertiary/aromatic N) is 2. The summed E-state index contributed by atoms with van der Waals surface area (Å²) in [4.78, 5) is 18.3. The Morgan fingerprint density at radius 1 is 1.30 bits per heavy atom. The Labute approximate surface area is 165 Å². The number of piperidine rings is 1. The van der Waals surface area contributed by atoms with E-state index in [2.05, 4.69) is 22.8 Å². The quantitative estimate of drug-likeness (QED) is 0.805. The van der Waals surface area contributed by atoms with E-state index in [1.54, 1.807) is 11.3 Å². The summed E-state index contributed by atoms with van der Waals surface area (Å²) in [5, 5.41) is 10.8. The number of carbonyl (C=O) groups is 1. The van der Waals surface area contributed by atoms with Crippen LogP contribution in [-0.2, 0) is 11.3 Å². The van der Waals surface area contributed by atoms with Crippen LogP contribution in [-0.4, -0.2) is 41.7 Å². The van der Waals surface area contributed by atoms with Gasteiger partial charge < -0.3 is 10.0 Å². The third-order valence-corrected chi connectivity index (χ3v) is 5.79. The summed E-state index contributed by atoms with van der Waals surface area (Å²) >= 11 is 1.72. The number of carbonyl (C=O) groups excluding carboxylic acids is 1. The molecule has 0 unspecified atom stereocenters. The predicted octanol–water partition coefficient (Wildman–Crippen LogP) is 3.50. The van der Waals surface area contributed by atoms with Crippen molar-refractivity contribution in [3.63, 3.8) is 0 Å². The fourth-order valence-electron chi connectivity index (χ4n) is 3.54. The molecule has 1 aromatic heterocycles. The molecule has 0 radical (unpaired) electrons. The maximum atomic E-state index is 12.6. The molecule has 3 rings (SSSR count). The minimum atomic E-state index is -0.104. The minimum absolute atomic E-state index is 0.104. The molecule has 2 heterocycles. The van der Waals surface area contributed by atoms with E-state index in [9.17, 15) is 4.79 Å². The molecule has 5 heteroatoms. The highest BCUT2D eigenvalue weighted by molar-refractivity contribution is 7.10. The lowest BCUT2D eigenvalue weighted by Gasteiger charge is -2.38. The van der Waals surface area contributed by atoms with E-state index < -0.39 is 0 Å². The molecule has 0 saturated carbocycles. The van der Waals surface area contributed by atoms with Gasteiger partial charge in [-0.3, -0.25) is 9.69 Å². The lowest BCUT2D eigenvalue weighted by Crippen LogP contribution is -2.47. The fraction of sp³-hybridized carbons (Fsp3) is 0.409. The SMILES string of the molecule is CCC(=O)N(c1ccccc1)C1CCN(Cc2cc(C#CCO)cs2)CC1. The summed E-state index contributed by atoms with van der Waals surface area (Å²) in [5.74, 6) is 5.85. The van der Waals surface area contributed by atoms with Gasteiger partial charge in [0.2, 0.25) is 5.91 Å². The van der Waals surface area contributed by atoms with Gasteiger partial charge in [-0.05, 0) is 31.0 Å². The molecule has 1 aromatic carbocycles. The summed E-state index contributed by atoms with van der Waals surface area (Å²) in [5.41, 5.74) is 1.98. The van der Waals surface area contributed by atoms with Crippen LogP contribution in [0.25, 0.3) is 0 Å². The van der Waals surface area contributed by atoms with Gasteiger partial charge in [0.05, 0.1) is 0 Å². The molecule has 0 spiro atoms. The van der Waals surface area contributed by atoms with Gasteiger partial charge in [0.15, 0.2) is 0 Å². The van der Waals surface area contributed by atoms with Gasteiger partial charge in [-0.2, -0.15) is 0 Å². The zero-order valence-electron chi connectivity index (χ0n) is 15.7. The topological polar surface area (TPSA) is 43.8 Å². The first-order valence-corrected chi connectivity index (χ1v) is 10.4. The molecule has 1 fully saturated rings. The molecule has 4 nitrogen and oxygen atoms in total. The number of likely N-dealkylation sites (tertiary alicyclic amines) is 1. The van der Waals surface area contributed by atoms with Crippen LogP contribution < -0.4 is 4.90 Å². The number of aliphatic hydroxyl groups is 1. The number of thiophene rings is 1. The second-order valence-electron chi connectivity index (χ2n) is 6.72. The Morgan fingerprint density at radius 2 is 2.04 bits per heavy atom. The molecule has 142 valence electrons. The van der Waals surface area contributed by atoms with Crippen molar-refractivity contribution in [2.75, 3.05) is 24.6 Å². The van der Waals surface area contributed by atoms with E-state index in [0.29, 0.717) is 6.42 Å². The average Bonchev–Trinajstić information content (AvgIpc) is 3.16. The van der Waals surface area contributed by atoms with Crippen molar-refractivity contribution in [2.45, 2.75) is 38.8 Å². The lowest BCUT2D eigenvalue weighted by atomic mass is 10.0. The van der Waals surface area contributed by atoms with E-state index in [1.807, 2.05) is 47.5 Å². The van der Waals surface area contributed by atoms with Crippen molar-refractivity contribution in [1.29, 1.82) is 0 Å². The Morgan fingerprint density at radius 3 is 2.70 bits per heavy atom. The van der Waals surface area contributed by atoms with Gasteiger partial charge in [0, 0.05) is 53.6 Å². The highest BCUT2D eigenvalue weighted by Gasteiger charge is 2.28. The second-order valence-corrected chi connectivity index (χ2v) is 7.72. The minimum Gasteiger partial charge on any atom is -0.384 e. The van der Waals surface area contributed by atoms with Crippen molar-refractivity contribution < 1.29 is 9.90 Å². The zero-order chi connectivity index (χ0) is 19.1. The second kappa shape index (κ2) is 9.70. The van der Waals surface area contributed by atoms with Crippen molar-refractivity contribution in [3.05, 3.63) is 52.2 Å². The Kier molecular flexibility index (Phi) is 7.05. The third-order valence-electron chi connectivity index (χ3n) is 4.87. The van der Waals surface area contributed by atoms with Gasteiger partial charge in [-0.15, -0.1) is 11.3 Å². The summed E-state index contributed by atoms with van der Waals surface area (Å²) in [6.07, 6.45) is 2.51. The van der Waals surface area contributed by atoms with Gasteiger partial charge in [0.25, 0.3) is 0 Å². The monoisotopic (exact) mass is 382 g/mol. The number of anilines is 1. The van der Waals surface area contributed by atoms with Crippen molar-refractivity contribution in [3.8, 4) is 11.8 Å². The first kappa shape index (κ1) is 19.6. The molecule has 27 heavy (non-hydrogen) atoms. The number of para-hydroxylation sites is 1. The normalized spacial score (nSPS) is 15.2. The smallest absolute Gasteiger partial charge is 0.226 e. The van der Waals surface area contributed by atoms with E-state index in [4.69, 9.17) is 5.11 Å². The molecule has 0 aliphatic carbocycles. The number of amides is 1. The molecule has 1 aliphatic heterocycles. The van der Waals surface area contributed by atoms with Crippen LogP contribution in [0.1, 0.15) is 36.6 Å². The Hall–Kier alpha value is -2.13. The van der Waals surface area contributed by atoms with Crippen LogP contribution in [0.5, 0.6) is 0 Å². The van der Waals surface area contributed by atoms with Crippen LogP contribution in [0.3, 0.4) is 0 Å². The number of rotatable bonds is 5. The predicted molar refractivity (Wildman–Crippen MR) is 111 cm³/mol. The number of benzene rings is 1. The van der Waals surface area contributed by atoms with Crippen LogP contribution in [0.15, 0.2) is 41.8 Å². The molecular weight excluding hydrogens is 356 g/mol. The van der Waals surface area contributed by atoms with Gasteiger partial charge in [0.1, 0.15) is 6.61 Å². The number of aliphatic hydroxyl groups excluding tert-OH is 1. The summed E-state index contributed by atoms with van der Waals surface area (Å²) in [6.45, 7) is 4.72. The molecular formula is C22H26N2O2S.